The lowest BCUT2D eigenvalue weighted by molar-refractivity contribution is 0.612. The summed E-state index contributed by atoms with van der Waals surface area (Å²) in [5.74, 6) is 0. The number of aromatic nitrogens is 2. The summed E-state index contributed by atoms with van der Waals surface area (Å²) in [4.78, 5) is 9.32. The van der Waals surface area contributed by atoms with Gasteiger partial charge in [-0.15, -0.1) is 0 Å². The zero-order valence-electron chi connectivity index (χ0n) is 12.4. The molecule has 3 rings (SSSR count). The van der Waals surface area contributed by atoms with Gasteiger partial charge in [0.1, 0.15) is 0 Å². The van der Waals surface area contributed by atoms with Crippen molar-refractivity contribution in [2.24, 2.45) is 0 Å². The van der Waals surface area contributed by atoms with E-state index in [1.165, 1.54) is 11.1 Å². The Bertz CT molecular complexity index is 752. The molecule has 106 valence electrons. The van der Waals surface area contributed by atoms with Gasteiger partial charge < -0.3 is 5.32 Å². The van der Waals surface area contributed by atoms with E-state index in [1.54, 1.807) is 0 Å². The number of para-hydroxylation sites is 2. The van der Waals surface area contributed by atoms with Crippen LogP contribution in [-0.4, -0.2) is 16.5 Å². The van der Waals surface area contributed by atoms with E-state index in [0.29, 0.717) is 0 Å². The molecule has 3 heteroatoms. The summed E-state index contributed by atoms with van der Waals surface area (Å²) in [6.45, 7) is 5.13. The topological polar surface area (TPSA) is 37.8 Å². The lowest BCUT2D eigenvalue weighted by atomic mass is 9.99. The first kappa shape index (κ1) is 13.7. The molecule has 3 aromatic rings. The standard InChI is InChI=1S/C18H19N3/c1-3-19-18(14-9-5-4-8-13(14)2)17-12-20-15-10-6-7-11-16(15)21-17/h4-12,18-19H,3H2,1-2H3. The van der Waals surface area contributed by atoms with Gasteiger partial charge in [0, 0.05) is 0 Å². The third kappa shape index (κ3) is 2.78. The maximum atomic E-state index is 4.79. The Labute approximate surface area is 125 Å². The van der Waals surface area contributed by atoms with Gasteiger partial charge in [-0.05, 0) is 36.7 Å². The Kier molecular flexibility index (Phi) is 3.93. The largest absolute Gasteiger partial charge is 0.305 e. The van der Waals surface area contributed by atoms with Crippen molar-refractivity contribution in [1.29, 1.82) is 0 Å². The van der Waals surface area contributed by atoms with Crippen molar-refractivity contribution in [2.75, 3.05) is 6.54 Å². The second-order valence-corrected chi connectivity index (χ2v) is 5.13. The van der Waals surface area contributed by atoms with Crippen LogP contribution >= 0.6 is 0 Å². The fourth-order valence-electron chi connectivity index (χ4n) is 2.60. The van der Waals surface area contributed by atoms with Crippen LogP contribution in [0.15, 0.2) is 54.7 Å². The lowest BCUT2D eigenvalue weighted by Crippen LogP contribution is -2.24. The van der Waals surface area contributed by atoms with Crippen LogP contribution in [0.1, 0.15) is 29.8 Å². The Hall–Kier alpha value is -2.26. The Morgan fingerprint density at radius 3 is 2.48 bits per heavy atom. The molecule has 0 saturated heterocycles. The van der Waals surface area contributed by atoms with E-state index in [9.17, 15) is 0 Å². The third-order valence-electron chi connectivity index (χ3n) is 3.67. The molecule has 21 heavy (non-hydrogen) atoms. The highest BCUT2D eigenvalue weighted by Gasteiger charge is 2.17. The summed E-state index contributed by atoms with van der Waals surface area (Å²) >= 11 is 0. The number of benzene rings is 2. The SMILES string of the molecule is CCNC(c1cnc2ccccc2n1)c1ccccc1C. The lowest BCUT2D eigenvalue weighted by Gasteiger charge is -2.20. The number of fused-ring (bicyclic) bond motifs is 1. The van der Waals surface area contributed by atoms with Crippen LogP contribution in [-0.2, 0) is 0 Å². The molecule has 0 saturated carbocycles. The molecule has 1 N–H and O–H groups in total. The maximum Gasteiger partial charge on any atom is 0.0890 e. The number of aryl methyl sites for hydroxylation is 1. The van der Waals surface area contributed by atoms with Gasteiger partial charge in [0.2, 0.25) is 0 Å². The molecule has 1 aromatic heterocycles. The number of rotatable bonds is 4. The zero-order chi connectivity index (χ0) is 14.7. The number of nitrogens with one attached hydrogen (secondary N) is 1. The van der Waals surface area contributed by atoms with Crippen LogP contribution in [0.4, 0.5) is 0 Å². The van der Waals surface area contributed by atoms with Crippen LogP contribution in [0.5, 0.6) is 0 Å². The minimum Gasteiger partial charge on any atom is -0.305 e. The summed E-state index contributed by atoms with van der Waals surface area (Å²) in [6.07, 6.45) is 1.88. The van der Waals surface area contributed by atoms with Crippen molar-refractivity contribution in [2.45, 2.75) is 19.9 Å². The molecular formula is C18H19N3. The number of hydrogen-bond donors (Lipinski definition) is 1. The van der Waals surface area contributed by atoms with E-state index < -0.39 is 0 Å². The first-order valence-corrected chi connectivity index (χ1v) is 7.30. The molecule has 0 aliphatic carbocycles. The number of hydrogen-bond acceptors (Lipinski definition) is 3. The van der Waals surface area contributed by atoms with E-state index in [2.05, 4.69) is 48.4 Å². The molecule has 0 fully saturated rings. The second-order valence-electron chi connectivity index (χ2n) is 5.13. The molecule has 3 nitrogen and oxygen atoms in total. The minimum atomic E-state index is 0.0771. The van der Waals surface area contributed by atoms with Crippen LogP contribution in [0.3, 0.4) is 0 Å². The Morgan fingerprint density at radius 2 is 1.71 bits per heavy atom. The van der Waals surface area contributed by atoms with E-state index in [0.717, 1.165) is 23.3 Å². The highest BCUT2D eigenvalue weighted by atomic mass is 14.9. The molecule has 0 bridgehead atoms. The minimum absolute atomic E-state index is 0.0771. The average Bonchev–Trinajstić information content (AvgIpc) is 2.53. The molecular weight excluding hydrogens is 258 g/mol. The molecule has 0 amide bonds. The van der Waals surface area contributed by atoms with Crippen LogP contribution in [0.2, 0.25) is 0 Å². The monoisotopic (exact) mass is 277 g/mol. The number of nitrogens with zero attached hydrogens (tertiary/aromatic N) is 2. The van der Waals surface area contributed by atoms with E-state index in [4.69, 9.17) is 4.98 Å². The first-order chi connectivity index (χ1) is 10.3. The van der Waals surface area contributed by atoms with Gasteiger partial charge in [-0.1, -0.05) is 43.3 Å². The van der Waals surface area contributed by atoms with Gasteiger partial charge in [-0.2, -0.15) is 0 Å². The smallest absolute Gasteiger partial charge is 0.0890 e. The molecule has 2 aromatic carbocycles. The van der Waals surface area contributed by atoms with Crippen molar-refractivity contribution in [1.82, 2.24) is 15.3 Å². The Morgan fingerprint density at radius 1 is 1.00 bits per heavy atom. The van der Waals surface area contributed by atoms with Gasteiger partial charge in [-0.3, -0.25) is 4.98 Å². The van der Waals surface area contributed by atoms with Crippen molar-refractivity contribution in [3.8, 4) is 0 Å². The quantitative estimate of drug-likeness (QED) is 0.791. The molecule has 1 heterocycles. The summed E-state index contributed by atoms with van der Waals surface area (Å²) < 4.78 is 0. The summed E-state index contributed by atoms with van der Waals surface area (Å²) in [5, 5.41) is 3.52. The van der Waals surface area contributed by atoms with E-state index >= 15 is 0 Å². The molecule has 0 aliphatic rings. The summed E-state index contributed by atoms with van der Waals surface area (Å²) in [5.41, 5.74) is 5.35. The van der Waals surface area contributed by atoms with Crippen LogP contribution in [0.25, 0.3) is 11.0 Å². The van der Waals surface area contributed by atoms with Gasteiger partial charge in [0.25, 0.3) is 0 Å². The van der Waals surface area contributed by atoms with Crippen molar-refractivity contribution < 1.29 is 0 Å². The summed E-state index contributed by atoms with van der Waals surface area (Å²) in [6, 6.07) is 16.5. The molecule has 0 spiro atoms. The van der Waals surface area contributed by atoms with Crippen LogP contribution < -0.4 is 5.32 Å². The third-order valence-corrected chi connectivity index (χ3v) is 3.67. The maximum absolute atomic E-state index is 4.79. The van der Waals surface area contributed by atoms with Gasteiger partial charge in [0.15, 0.2) is 0 Å². The zero-order valence-corrected chi connectivity index (χ0v) is 12.4. The van der Waals surface area contributed by atoms with Crippen molar-refractivity contribution in [3.05, 3.63) is 71.5 Å². The predicted octanol–water partition coefficient (Wildman–Crippen LogP) is 3.64. The highest BCUT2D eigenvalue weighted by Crippen LogP contribution is 2.24. The van der Waals surface area contributed by atoms with Crippen molar-refractivity contribution >= 4 is 11.0 Å². The predicted molar refractivity (Wildman–Crippen MR) is 86.2 cm³/mol. The summed E-state index contributed by atoms with van der Waals surface area (Å²) in [7, 11) is 0. The van der Waals surface area contributed by atoms with Gasteiger partial charge >= 0.3 is 0 Å². The molecule has 1 unspecified atom stereocenters. The molecule has 0 aliphatic heterocycles. The molecule has 0 radical (unpaired) electrons. The van der Waals surface area contributed by atoms with Crippen LogP contribution in [0, 0.1) is 6.92 Å². The molecule has 1 atom stereocenters. The average molecular weight is 277 g/mol. The second kappa shape index (κ2) is 6.02. The Balaban J connectivity index is 2.09. The van der Waals surface area contributed by atoms with E-state index in [1.807, 2.05) is 30.5 Å². The fourth-order valence-corrected chi connectivity index (χ4v) is 2.60. The van der Waals surface area contributed by atoms with Crippen molar-refractivity contribution in [3.63, 3.8) is 0 Å². The first-order valence-electron chi connectivity index (χ1n) is 7.30. The van der Waals surface area contributed by atoms with Gasteiger partial charge in [0.05, 0.1) is 29.0 Å². The normalized spacial score (nSPS) is 12.5. The van der Waals surface area contributed by atoms with E-state index in [-0.39, 0.29) is 6.04 Å². The van der Waals surface area contributed by atoms with Gasteiger partial charge in [-0.25, -0.2) is 4.98 Å². The fraction of sp³-hybridized carbons (Fsp3) is 0.222. The highest BCUT2D eigenvalue weighted by molar-refractivity contribution is 5.73.